The van der Waals surface area contributed by atoms with Gasteiger partial charge in [0, 0.05) is 50.8 Å². The lowest BCUT2D eigenvalue weighted by molar-refractivity contribution is -0.704. The Kier molecular flexibility index (Phi) is 7.56. The van der Waals surface area contributed by atoms with E-state index in [-0.39, 0.29) is 6.04 Å². The second kappa shape index (κ2) is 13.2. The third-order valence-corrected chi connectivity index (χ3v) is 11.3. The second-order valence-electron chi connectivity index (χ2n) is 14.6. The van der Waals surface area contributed by atoms with Crippen molar-refractivity contribution in [2.45, 2.75) is 6.04 Å². The van der Waals surface area contributed by atoms with E-state index in [1.54, 1.807) is 0 Å². The molecule has 0 saturated heterocycles. The van der Waals surface area contributed by atoms with Gasteiger partial charge in [0.05, 0.1) is 22.4 Å². The Hall–Kier alpha value is -7.36. The van der Waals surface area contributed by atoms with Gasteiger partial charge < -0.3 is 4.57 Å². The monoisotopic (exact) mass is 714 g/mol. The summed E-state index contributed by atoms with van der Waals surface area (Å²) in [6.45, 7) is 0. The van der Waals surface area contributed by atoms with Crippen LogP contribution in [-0.4, -0.2) is 9.55 Å². The molecule has 0 amide bonds. The fourth-order valence-electron chi connectivity index (χ4n) is 8.73. The van der Waals surface area contributed by atoms with Gasteiger partial charge in [-0.25, -0.2) is 4.98 Å². The number of rotatable bonds is 6. The molecule has 0 aliphatic heterocycles. The summed E-state index contributed by atoms with van der Waals surface area (Å²) in [4.78, 5) is 5.26. The summed E-state index contributed by atoms with van der Waals surface area (Å²) >= 11 is 0. The van der Waals surface area contributed by atoms with E-state index in [4.69, 9.17) is 4.98 Å². The zero-order chi connectivity index (χ0) is 37.0. The molecule has 56 heavy (non-hydrogen) atoms. The van der Waals surface area contributed by atoms with Gasteiger partial charge in [0.25, 0.3) is 0 Å². The topological polar surface area (TPSA) is 21.7 Å². The van der Waals surface area contributed by atoms with Crippen LogP contribution in [0.4, 0.5) is 0 Å². The molecule has 0 radical (unpaired) electrons. The molecule has 3 nitrogen and oxygen atoms in total. The zero-order valence-corrected chi connectivity index (χ0v) is 30.6. The van der Waals surface area contributed by atoms with Crippen molar-refractivity contribution in [1.82, 2.24) is 9.55 Å². The first kappa shape index (κ1) is 32.1. The number of aromatic nitrogens is 3. The van der Waals surface area contributed by atoms with Crippen molar-refractivity contribution >= 4 is 21.8 Å². The normalized spacial score (nSPS) is 13.2. The molecule has 0 N–H and O–H groups in total. The van der Waals surface area contributed by atoms with Crippen LogP contribution in [0.25, 0.3) is 83.4 Å². The van der Waals surface area contributed by atoms with Crippen LogP contribution < -0.4 is 4.57 Å². The van der Waals surface area contributed by atoms with E-state index in [9.17, 15) is 0 Å². The van der Waals surface area contributed by atoms with Crippen LogP contribution in [0.5, 0.6) is 0 Å². The smallest absolute Gasteiger partial charge is 0.210 e. The number of pyridine rings is 2. The molecule has 262 valence electrons. The number of benzene rings is 7. The first-order valence-corrected chi connectivity index (χ1v) is 19.2. The van der Waals surface area contributed by atoms with Crippen LogP contribution in [-0.2, 0) is 0 Å². The van der Waals surface area contributed by atoms with Gasteiger partial charge in [-0.3, -0.25) is 0 Å². The highest BCUT2D eigenvalue weighted by atomic mass is 15.0. The summed E-state index contributed by atoms with van der Waals surface area (Å²) in [6, 6.07) is 72.3. The highest BCUT2D eigenvalue weighted by Crippen LogP contribution is 2.45. The van der Waals surface area contributed by atoms with Crippen molar-refractivity contribution in [2.75, 3.05) is 0 Å². The predicted molar refractivity (Wildman–Crippen MR) is 230 cm³/mol. The van der Waals surface area contributed by atoms with Crippen molar-refractivity contribution in [3.8, 4) is 61.6 Å². The standard InChI is InChI=1S/C53H36N3/c1-4-15-36(16-5-1)41-33-49(37-17-6-2-7-18-37)54-50(34-41)40-19-14-20-42(31-40)56-51-24-11-10-22-45(51)46-28-26-39(35-52(46)56)38-25-27-44-43-21-8-9-23-47(43)53(48(44)32-38)55-29-12-3-13-30-55/h1-35,53H/q+1. The predicted octanol–water partition coefficient (Wildman–Crippen LogP) is 12.8. The lowest BCUT2D eigenvalue weighted by Crippen LogP contribution is -2.38. The molecule has 3 heterocycles. The van der Waals surface area contributed by atoms with Crippen LogP contribution >= 0.6 is 0 Å². The minimum Gasteiger partial charge on any atom is -0.309 e. The van der Waals surface area contributed by atoms with E-state index in [0.717, 1.165) is 33.8 Å². The Morgan fingerprint density at radius 2 is 1.00 bits per heavy atom. The summed E-state index contributed by atoms with van der Waals surface area (Å²) in [5, 5.41) is 2.47. The van der Waals surface area contributed by atoms with Gasteiger partial charge in [0.15, 0.2) is 12.4 Å². The molecule has 0 spiro atoms. The molecule has 0 fully saturated rings. The van der Waals surface area contributed by atoms with Gasteiger partial charge in [-0.2, -0.15) is 4.57 Å². The lowest BCUT2D eigenvalue weighted by atomic mass is 9.97. The van der Waals surface area contributed by atoms with Gasteiger partial charge in [-0.1, -0.05) is 146 Å². The highest BCUT2D eigenvalue weighted by molar-refractivity contribution is 6.10. The van der Waals surface area contributed by atoms with Crippen molar-refractivity contribution in [3.63, 3.8) is 0 Å². The first-order chi connectivity index (χ1) is 27.8. The SMILES string of the molecule is c1ccc(-c2cc(-c3ccccc3)nc(-c3cccc(-n4c5ccccc5c5ccc(-c6ccc7c(c6)C([n+]6ccccc6)c6ccccc6-7)cc54)c3)c2)cc1. The van der Waals surface area contributed by atoms with Gasteiger partial charge >= 0.3 is 0 Å². The Morgan fingerprint density at radius 1 is 0.375 bits per heavy atom. The van der Waals surface area contributed by atoms with E-state index in [1.807, 2.05) is 0 Å². The Morgan fingerprint density at radius 3 is 1.84 bits per heavy atom. The minimum absolute atomic E-state index is 0.122. The Bertz CT molecular complexity index is 3020. The van der Waals surface area contributed by atoms with Crippen LogP contribution in [0.1, 0.15) is 17.2 Å². The maximum absolute atomic E-state index is 5.26. The number of nitrogens with zero attached hydrogens (tertiary/aromatic N) is 3. The van der Waals surface area contributed by atoms with E-state index in [0.29, 0.717) is 0 Å². The summed E-state index contributed by atoms with van der Waals surface area (Å²) in [6.07, 6.45) is 4.36. The summed E-state index contributed by atoms with van der Waals surface area (Å²) < 4.78 is 4.75. The highest BCUT2D eigenvalue weighted by Gasteiger charge is 2.35. The van der Waals surface area contributed by atoms with E-state index >= 15 is 0 Å². The molecule has 10 aromatic rings. The molecule has 7 aromatic carbocycles. The molecular formula is C53H36N3+. The average Bonchev–Trinajstić information content (AvgIpc) is 3.79. The molecular weight excluding hydrogens is 679 g/mol. The largest absolute Gasteiger partial charge is 0.309 e. The van der Waals surface area contributed by atoms with Crippen LogP contribution in [0.3, 0.4) is 0 Å². The zero-order valence-electron chi connectivity index (χ0n) is 30.6. The Labute approximate surface area is 326 Å². The fourth-order valence-corrected chi connectivity index (χ4v) is 8.73. The van der Waals surface area contributed by atoms with Crippen molar-refractivity contribution < 1.29 is 4.57 Å². The number of hydrogen-bond donors (Lipinski definition) is 0. The number of fused-ring (bicyclic) bond motifs is 6. The molecule has 1 atom stereocenters. The maximum Gasteiger partial charge on any atom is 0.210 e. The third kappa shape index (κ3) is 5.36. The molecule has 1 unspecified atom stereocenters. The molecule has 11 rings (SSSR count). The quantitative estimate of drug-likeness (QED) is 0.157. The van der Waals surface area contributed by atoms with Crippen molar-refractivity contribution in [2.24, 2.45) is 0 Å². The van der Waals surface area contributed by atoms with Gasteiger partial charge in [0.1, 0.15) is 0 Å². The first-order valence-electron chi connectivity index (χ1n) is 19.2. The third-order valence-electron chi connectivity index (χ3n) is 11.3. The molecule has 1 aliphatic rings. The van der Waals surface area contributed by atoms with Crippen LogP contribution in [0, 0.1) is 0 Å². The molecule has 0 bridgehead atoms. The molecule has 3 heteroatoms. The Balaban J connectivity index is 1.06. The molecule has 0 saturated carbocycles. The summed E-state index contributed by atoms with van der Waals surface area (Å²) in [5.41, 5.74) is 17.5. The maximum atomic E-state index is 5.26. The van der Waals surface area contributed by atoms with E-state index < -0.39 is 0 Å². The minimum atomic E-state index is 0.122. The fraction of sp³-hybridized carbons (Fsp3) is 0.0189. The summed E-state index contributed by atoms with van der Waals surface area (Å²) in [7, 11) is 0. The molecule has 3 aromatic heterocycles. The van der Waals surface area contributed by atoms with Gasteiger partial charge in [-0.05, 0) is 75.8 Å². The second-order valence-corrected chi connectivity index (χ2v) is 14.6. The lowest BCUT2D eigenvalue weighted by Gasteiger charge is -2.13. The van der Waals surface area contributed by atoms with Gasteiger partial charge in [-0.15, -0.1) is 0 Å². The van der Waals surface area contributed by atoms with E-state index in [2.05, 4.69) is 222 Å². The van der Waals surface area contributed by atoms with Gasteiger partial charge in [0.2, 0.25) is 6.04 Å². The van der Waals surface area contributed by atoms with Crippen molar-refractivity contribution in [3.05, 3.63) is 224 Å². The average molecular weight is 715 g/mol. The number of para-hydroxylation sites is 1. The van der Waals surface area contributed by atoms with Crippen molar-refractivity contribution in [1.29, 1.82) is 0 Å². The van der Waals surface area contributed by atoms with Crippen LogP contribution in [0.2, 0.25) is 0 Å². The number of hydrogen-bond acceptors (Lipinski definition) is 1. The summed E-state index contributed by atoms with van der Waals surface area (Å²) in [5.74, 6) is 0. The molecule has 1 aliphatic carbocycles. The van der Waals surface area contributed by atoms with E-state index in [1.165, 1.54) is 60.8 Å². The van der Waals surface area contributed by atoms with Crippen LogP contribution in [0.15, 0.2) is 213 Å².